The molecule has 0 heterocycles. The molecule has 0 saturated heterocycles. The molecule has 63 valence electrons. The molecule has 1 aromatic carbocycles. The van der Waals surface area contributed by atoms with E-state index in [0.29, 0.717) is 0 Å². The van der Waals surface area contributed by atoms with Crippen molar-refractivity contribution in [1.82, 2.24) is 0 Å². The Kier molecular flexibility index (Phi) is 3.06. The second kappa shape index (κ2) is 4.07. The molecule has 0 aliphatic heterocycles. The van der Waals surface area contributed by atoms with Crippen LogP contribution in [0.15, 0.2) is 24.3 Å². The summed E-state index contributed by atoms with van der Waals surface area (Å²) < 4.78 is 0. The van der Waals surface area contributed by atoms with Crippen molar-refractivity contribution in [2.45, 2.75) is 13.8 Å². The molecule has 0 aliphatic rings. The summed E-state index contributed by atoms with van der Waals surface area (Å²) in [7, 11) is 0. The molecule has 0 aliphatic carbocycles. The zero-order chi connectivity index (χ0) is 8.97. The lowest BCUT2D eigenvalue weighted by Crippen LogP contribution is -1.80. The third kappa shape index (κ3) is 2.51. The Morgan fingerprint density at radius 2 is 1.75 bits per heavy atom. The van der Waals surface area contributed by atoms with E-state index in [1.165, 1.54) is 11.1 Å². The number of hydrogen-bond acceptors (Lipinski definition) is 0. The first kappa shape index (κ1) is 9.01. The van der Waals surface area contributed by atoms with Crippen molar-refractivity contribution in [1.29, 1.82) is 0 Å². The van der Waals surface area contributed by atoms with Gasteiger partial charge in [-0.3, -0.25) is 0 Å². The first-order valence-corrected chi connectivity index (χ1v) is 4.05. The molecule has 1 aromatic rings. The number of hydrogen-bond donors (Lipinski definition) is 0. The first-order chi connectivity index (χ1) is 5.72. The quantitative estimate of drug-likeness (QED) is 0.635. The molecular formula is C11H13O. The molecule has 0 amide bonds. The van der Waals surface area contributed by atoms with E-state index in [-0.39, 0.29) is 6.61 Å². The molecule has 0 bridgehead atoms. The molecule has 0 unspecified atom stereocenters. The summed E-state index contributed by atoms with van der Waals surface area (Å²) in [4.78, 5) is 0. The predicted molar refractivity (Wildman–Crippen MR) is 50.5 cm³/mol. The topological polar surface area (TPSA) is 19.9 Å². The summed E-state index contributed by atoms with van der Waals surface area (Å²) in [5.41, 5.74) is 3.59. The molecule has 1 rings (SSSR count). The van der Waals surface area contributed by atoms with Gasteiger partial charge in [-0.05, 0) is 19.4 Å². The van der Waals surface area contributed by atoms with Gasteiger partial charge in [0.15, 0.2) is 0 Å². The van der Waals surface area contributed by atoms with Crippen LogP contribution < -0.4 is 0 Å². The van der Waals surface area contributed by atoms with Crippen LogP contribution in [0.1, 0.15) is 16.7 Å². The Bertz CT molecular complexity index is 267. The van der Waals surface area contributed by atoms with Crippen LogP contribution in [0.2, 0.25) is 0 Å². The highest BCUT2D eigenvalue weighted by atomic mass is 16.2. The Morgan fingerprint density at radius 3 is 2.25 bits per heavy atom. The predicted octanol–water partition coefficient (Wildman–Crippen LogP) is 2.75. The fourth-order valence-electron chi connectivity index (χ4n) is 1.29. The third-order valence-electron chi connectivity index (χ3n) is 1.65. The normalized spacial score (nSPS) is 10.9. The molecule has 0 atom stereocenters. The molecule has 12 heavy (non-hydrogen) atoms. The van der Waals surface area contributed by atoms with Crippen molar-refractivity contribution in [3.05, 3.63) is 41.0 Å². The van der Waals surface area contributed by atoms with Gasteiger partial charge in [-0.2, -0.15) is 0 Å². The van der Waals surface area contributed by atoms with E-state index in [9.17, 15) is 5.11 Å². The van der Waals surface area contributed by atoms with Gasteiger partial charge in [-0.25, -0.2) is 5.11 Å². The number of rotatable bonds is 2. The van der Waals surface area contributed by atoms with Crippen molar-refractivity contribution in [3.63, 3.8) is 0 Å². The highest BCUT2D eigenvalue weighted by Crippen LogP contribution is 2.09. The monoisotopic (exact) mass is 161 g/mol. The van der Waals surface area contributed by atoms with Crippen LogP contribution in [-0.4, -0.2) is 6.61 Å². The van der Waals surface area contributed by atoms with E-state index < -0.39 is 0 Å². The molecule has 0 aromatic heterocycles. The second-order valence-corrected chi connectivity index (χ2v) is 2.99. The van der Waals surface area contributed by atoms with Gasteiger partial charge in [0.05, 0.1) is 0 Å². The van der Waals surface area contributed by atoms with Crippen molar-refractivity contribution in [2.75, 3.05) is 6.61 Å². The fourth-order valence-corrected chi connectivity index (χ4v) is 1.29. The zero-order valence-corrected chi connectivity index (χ0v) is 7.50. The number of benzene rings is 1. The minimum Gasteiger partial charge on any atom is -0.232 e. The fraction of sp³-hybridized carbons (Fsp3) is 0.273. The van der Waals surface area contributed by atoms with Gasteiger partial charge in [-0.1, -0.05) is 41.5 Å². The third-order valence-corrected chi connectivity index (χ3v) is 1.65. The van der Waals surface area contributed by atoms with Crippen molar-refractivity contribution >= 4 is 6.08 Å². The summed E-state index contributed by atoms with van der Waals surface area (Å²) in [6.07, 6.45) is 3.50. The number of aryl methyl sites for hydroxylation is 2. The van der Waals surface area contributed by atoms with Crippen LogP contribution >= 0.6 is 0 Å². The minimum absolute atomic E-state index is 0.146. The largest absolute Gasteiger partial charge is 0.232 e. The van der Waals surface area contributed by atoms with E-state index in [4.69, 9.17) is 0 Å². The second-order valence-electron chi connectivity index (χ2n) is 2.99. The van der Waals surface area contributed by atoms with Crippen LogP contribution in [0.25, 0.3) is 6.08 Å². The van der Waals surface area contributed by atoms with Crippen molar-refractivity contribution < 1.29 is 5.11 Å². The van der Waals surface area contributed by atoms with Crippen molar-refractivity contribution in [3.8, 4) is 0 Å². The molecule has 0 spiro atoms. The van der Waals surface area contributed by atoms with E-state index >= 15 is 0 Å². The first-order valence-electron chi connectivity index (χ1n) is 4.05. The maximum absolute atomic E-state index is 10.2. The van der Waals surface area contributed by atoms with Gasteiger partial charge in [0.1, 0.15) is 6.61 Å². The van der Waals surface area contributed by atoms with E-state index in [2.05, 4.69) is 32.0 Å². The van der Waals surface area contributed by atoms with Crippen LogP contribution in [0.4, 0.5) is 0 Å². The summed E-state index contributed by atoms with van der Waals surface area (Å²) >= 11 is 0. The molecule has 0 fully saturated rings. The smallest absolute Gasteiger partial charge is 0.101 e. The van der Waals surface area contributed by atoms with Crippen LogP contribution in [0.3, 0.4) is 0 Å². The lowest BCUT2D eigenvalue weighted by Gasteiger charge is -1.98. The maximum atomic E-state index is 10.2. The Morgan fingerprint density at radius 1 is 1.17 bits per heavy atom. The Balaban J connectivity index is 2.93. The van der Waals surface area contributed by atoms with Gasteiger partial charge < -0.3 is 0 Å². The SMILES string of the molecule is Cc1cc(C)cc(/C=C/C[O])c1. The minimum atomic E-state index is -0.146. The summed E-state index contributed by atoms with van der Waals surface area (Å²) in [6.45, 7) is 3.97. The highest BCUT2D eigenvalue weighted by Gasteiger charge is 1.90. The molecule has 0 saturated carbocycles. The van der Waals surface area contributed by atoms with Crippen molar-refractivity contribution in [2.24, 2.45) is 0 Å². The lowest BCUT2D eigenvalue weighted by molar-refractivity contribution is 0.233. The Labute approximate surface area is 73.4 Å². The molecule has 1 radical (unpaired) electrons. The Hall–Kier alpha value is -1.08. The van der Waals surface area contributed by atoms with Crippen LogP contribution in [0, 0.1) is 13.8 Å². The lowest BCUT2D eigenvalue weighted by atomic mass is 10.1. The molecule has 1 heteroatoms. The van der Waals surface area contributed by atoms with Crippen LogP contribution in [0.5, 0.6) is 0 Å². The van der Waals surface area contributed by atoms with Gasteiger partial charge >= 0.3 is 0 Å². The zero-order valence-electron chi connectivity index (χ0n) is 7.50. The van der Waals surface area contributed by atoms with E-state index in [0.717, 1.165) is 5.56 Å². The van der Waals surface area contributed by atoms with Crippen LogP contribution in [-0.2, 0) is 5.11 Å². The summed E-state index contributed by atoms with van der Waals surface area (Å²) in [5, 5.41) is 10.2. The average molecular weight is 161 g/mol. The van der Waals surface area contributed by atoms with E-state index in [1.54, 1.807) is 6.08 Å². The average Bonchev–Trinajstić information content (AvgIpc) is 1.99. The maximum Gasteiger partial charge on any atom is 0.101 e. The highest BCUT2D eigenvalue weighted by molar-refractivity contribution is 5.51. The summed E-state index contributed by atoms with van der Waals surface area (Å²) in [5.74, 6) is 0. The molecule has 1 nitrogen and oxygen atoms in total. The van der Waals surface area contributed by atoms with Gasteiger partial charge in [0.25, 0.3) is 0 Å². The summed E-state index contributed by atoms with van der Waals surface area (Å²) in [6, 6.07) is 6.26. The molecular weight excluding hydrogens is 148 g/mol. The van der Waals surface area contributed by atoms with Gasteiger partial charge in [0, 0.05) is 0 Å². The van der Waals surface area contributed by atoms with E-state index in [1.807, 2.05) is 6.08 Å². The molecule has 0 N–H and O–H groups in total. The standard InChI is InChI=1S/C11H13O/c1-9-6-10(2)8-11(7-9)4-3-5-12/h3-4,6-8H,5H2,1-2H3/b4-3+. The van der Waals surface area contributed by atoms with Gasteiger partial charge in [0.2, 0.25) is 0 Å². The van der Waals surface area contributed by atoms with Gasteiger partial charge in [-0.15, -0.1) is 0 Å².